The van der Waals surface area contributed by atoms with Crippen molar-refractivity contribution in [2.24, 2.45) is 5.73 Å². The van der Waals surface area contributed by atoms with Crippen molar-refractivity contribution in [3.8, 4) is 17.2 Å². The smallest absolute Gasteiger partial charge is 0.257 e. The first kappa shape index (κ1) is 11.5. The molecule has 0 radical (unpaired) electrons. The van der Waals surface area contributed by atoms with Crippen LogP contribution in [0.5, 0.6) is 17.2 Å². The van der Waals surface area contributed by atoms with Crippen LogP contribution in [-0.2, 0) is 4.79 Å². The maximum Gasteiger partial charge on any atom is 0.257 e. The third-order valence-electron chi connectivity index (χ3n) is 2.18. The number of carbonyl (C=O) groups is 1. The van der Waals surface area contributed by atoms with Crippen LogP contribution in [-0.4, -0.2) is 32.4 Å². The van der Waals surface area contributed by atoms with E-state index in [9.17, 15) is 4.79 Å². The predicted molar refractivity (Wildman–Crippen MR) is 60.1 cm³/mol. The molecule has 0 saturated carbocycles. The Morgan fingerprint density at radius 2 is 2.24 bits per heavy atom. The number of nitrogens with one attached hydrogen (secondary N) is 1. The van der Waals surface area contributed by atoms with Crippen LogP contribution < -0.4 is 25.3 Å². The molecule has 3 N–H and O–H groups in total. The minimum Gasteiger partial charge on any atom is -0.484 e. The zero-order valence-corrected chi connectivity index (χ0v) is 9.27. The van der Waals surface area contributed by atoms with Gasteiger partial charge < -0.3 is 25.3 Å². The monoisotopic (exact) mass is 238 g/mol. The number of rotatable bonds is 5. The lowest BCUT2D eigenvalue weighted by Crippen LogP contribution is -2.32. The summed E-state index contributed by atoms with van der Waals surface area (Å²) in [6, 6.07) is 5.16. The molecule has 0 fully saturated rings. The largest absolute Gasteiger partial charge is 0.484 e. The summed E-state index contributed by atoms with van der Waals surface area (Å²) in [5.41, 5.74) is 5.26. The lowest BCUT2D eigenvalue weighted by Gasteiger charge is -2.07. The fourth-order valence-electron chi connectivity index (χ4n) is 1.38. The van der Waals surface area contributed by atoms with Gasteiger partial charge in [-0.3, -0.25) is 4.79 Å². The second kappa shape index (κ2) is 5.40. The molecule has 0 spiro atoms. The molecule has 17 heavy (non-hydrogen) atoms. The Kier molecular flexibility index (Phi) is 3.66. The van der Waals surface area contributed by atoms with Crippen LogP contribution in [0.15, 0.2) is 18.2 Å². The van der Waals surface area contributed by atoms with E-state index in [0.29, 0.717) is 30.3 Å². The summed E-state index contributed by atoms with van der Waals surface area (Å²) in [5, 5.41) is 2.61. The average molecular weight is 238 g/mol. The van der Waals surface area contributed by atoms with Gasteiger partial charge in [0, 0.05) is 19.2 Å². The van der Waals surface area contributed by atoms with Gasteiger partial charge in [-0.05, 0) is 12.1 Å². The molecular formula is C11H14N2O4. The molecule has 0 bridgehead atoms. The first-order chi connectivity index (χ1) is 8.29. The first-order valence-electron chi connectivity index (χ1n) is 5.29. The van der Waals surface area contributed by atoms with Crippen molar-refractivity contribution in [3.05, 3.63) is 18.2 Å². The molecular weight excluding hydrogens is 224 g/mol. The van der Waals surface area contributed by atoms with Crippen LogP contribution in [0.1, 0.15) is 0 Å². The van der Waals surface area contributed by atoms with E-state index in [1.165, 1.54) is 0 Å². The molecule has 1 aliphatic rings. The Morgan fingerprint density at radius 3 is 3.06 bits per heavy atom. The molecule has 1 aromatic carbocycles. The van der Waals surface area contributed by atoms with E-state index in [0.717, 1.165) is 0 Å². The summed E-state index contributed by atoms with van der Waals surface area (Å²) in [6.07, 6.45) is 0. The third-order valence-corrected chi connectivity index (χ3v) is 2.18. The molecule has 1 amide bonds. The fraction of sp³-hybridized carbons (Fsp3) is 0.364. The Labute approximate surface area is 98.6 Å². The molecule has 6 nitrogen and oxygen atoms in total. The van der Waals surface area contributed by atoms with Crippen LogP contribution in [0.4, 0.5) is 0 Å². The zero-order valence-electron chi connectivity index (χ0n) is 9.27. The lowest BCUT2D eigenvalue weighted by atomic mass is 10.3. The van der Waals surface area contributed by atoms with Gasteiger partial charge in [0.2, 0.25) is 6.79 Å². The van der Waals surface area contributed by atoms with Crippen molar-refractivity contribution in [2.75, 3.05) is 26.5 Å². The van der Waals surface area contributed by atoms with E-state index in [-0.39, 0.29) is 19.3 Å². The van der Waals surface area contributed by atoms with Crippen LogP contribution in [0.25, 0.3) is 0 Å². The molecule has 1 aliphatic heterocycles. The molecule has 0 atom stereocenters. The number of nitrogens with two attached hydrogens (primary N) is 1. The third kappa shape index (κ3) is 3.01. The Bertz CT molecular complexity index is 408. The summed E-state index contributed by atoms with van der Waals surface area (Å²) in [6.45, 7) is 1.04. The Hall–Kier alpha value is -1.95. The summed E-state index contributed by atoms with van der Waals surface area (Å²) in [5.74, 6) is 1.68. The normalized spacial score (nSPS) is 12.3. The fourth-order valence-corrected chi connectivity index (χ4v) is 1.38. The minimum absolute atomic E-state index is 0.0420. The second-order valence-corrected chi connectivity index (χ2v) is 3.44. The number of ether oxygens (including phenoxy) is 3. The molecule has 92 valence electrons. The van der Waals surface area contributed by atoms with Gasteiger partial charge in [-0.15, -0.1) is 0 Å². The van der Waals surface area contributed by atoms with Gasteiger partial charge in [-0.1, -0.05) is 0 Å². The van der Waals surface area contributed by atoms with E-state index in [4.69, 9.17) is 19.9 Å². The highest BCUT2D eigenvalue weighted by Crippen LogP contribution is 2.34. The molecule has 0 saturated heterocycles. The SMILES string of the molecule is NCCNC(=O)COc1ccc2c(c1)OCO2. The van der Waals surface area contributed by atoms with Gasteiger partial charge in [0.15, 0.2) is 18.1 Å². The quantitative estimate of drug-likeness (QED) is 0.746. The van der Waals surface area contributed by atoms with Crippen molar-refractivity contribution >= 4 is 5.91 Å². The second-order valence-electron chi connectivity index (χ2n) is 3.44. The maximum atomic E-state index is 11.3. The van der Waals surface area contributed by atoms with Crippen LogP contribution in [0, 0.1) is 0 Å². The first-order valence-corrected chi connectivity index (χ1v) is 5.29. The predicted octanol–water partition coefficient (Wildman–Crippen LogP) is -0.131. The van der Waals surface area contributed by atoms with Crippen LogP contribution in [0.2, 0.25) is 0 Å². The Balaban J connectivity index is 1.85. The van der Waals surface area contributed by atoms with Crippen molar-refractivity contribution in [2.45, 2.75) is 0 Å². The summed E-state index contributed by atoms with van der Waals surface area (Å²) in [7, 11) is 0. The molecule has 2 rings (SSSR count). The van der Waals surface area contributed by atoms with Crippen molar-refractivity contribution in [1.82, 2.24) is 5.32 Å². The lowest BCUT2D eigenvalue weighted by molar-refractivity contribution is -0.123. The molecule has 1 aromatic rings. The van der Waals surface area contributed by atoms with Gasteiger partial charge >= 0.3 is 0 Å². The van der Waals surface area contributed by atoms with Gasteiger partial charge in [0.05, 0.1) is 0 Å². The molecule has 0 aliphatic carbocycles. The number of hydrogen-bond donors (Lipinski definition) is 2. The standard InChI is InChI=1S/C11H14N2O4/c12-3-4-13-11(14)6-15-8-1-2-9-10(5-8)17-7-16-9/h1-2,5H,3-4,6-7,12H2,(H,13,14). The van der Waals surface area contributed by atoms with E-state index in [2.05, 4.69) is 5.32 Å². The summed E-state index contributed by atoms with van der Waals surface area (Å²) in [4.78, 5) is 11.3. The maximum absolute atomic E-state index is 11.3. The highest BCUT2D eigenvalue weighted by molar-refractivity contribution is 5.77. The van der Waals surface area contributed by atoms with Crippen molar-refractivity contribution in [3.63, 3.8) is 0 Å². The molecule has 1 heterocycles. The van der Waals surface area contributed by atoms with E-state index in [1.807, 2.05) is 0 Å². The van der Waals surface area contributed by atoms with Crippen LogP contribution >= 0.6 is 0 Å². The highest BCUT2D eigenvalue weighted by atomic mass is 16.7. The average Bonchev–Trinajstić information content (AvgIpc) is 2.81. The topological polar surface area (TPSA) is 82.8 Å². The number of carbonyl (C=O) groups excluding carboxylic acids is 1. The highest BCUT2D eigenvalue weighted by Gasteiger charge is 2.14. The number of fused-ring (bicyclic) bond motifs is 1. The summed E-state index contributed by atoms with van der Waals surface area (Å²) < 4.78 is 15.7. The van der Waals surface area contributed by atoms with Gasteiger partial charge in [0.1, 0.15) is 5.75 Å². The van der Waals surface area contributed by atoms with Gasteiger partial charge in [-0.2, -0.15) is 0 Å². The number of amides is 1. The van der Waals surface area contributed by atoms with E-state index >= 15 is 0 Å². The van der Waals surface area contributed by atoms with E-state index < -0.39 is 0 Å². The minimum atomic E-state index is -0.201. The van der Waals surface area contributed by atoms with Crippen LogP contribution in [0.3, 0.4) is 0 Å². The van der Waals surface area contributed by atoms with E-state index in [1.54, 1.807) is 18.2 Å². The zero-order chi connectivity index (χ0) is 12.1. The number of benzene rings is 1. The van der Waals surface area contributed by atoms with Crippen molar-refractivity contribution < 1.29 is 19.0 Å². The molecule has 0 unspecified atom stereocenters. The van der Waals surface area contributed by atoms with Gasteiger partial charge in [-0.25, -0.2) is 0 Å². The van der Waals surface area contributed by atoms with Gasteiger partial charge in [0.25, 0.3) is 5.91 Å². The molecule has 0 aromatic heterocycles. The number of hydrogen-bond acceptors (Lipinski definition) is 5. The summed E-state index contributed by atoms with van der Waals surface area (Å²) >= 11 is 0. The molecule has 6 heteroatoms. The van der Waals surface area contributed by atoms with Crippen molar-refractivity contribution in [1.29, 1.82) is 0 Å². The Morgan fingerprint density at radius 1 is 1.41 bits per heavy atom.